The molecule has 7 heteroatoms. The van der Waals surface area contributed by atoms with E-state index in [1.165, 1.54) is 0 Å². The molecule has 0 spiro atoms. The molecule has 2 heterocycles. The fourth-order valence-corrected chi connectivity index (χ4v) is 4.43. The minimum atomic E-state index is -1.80. The van der Waals surface area contributed by atoms with Crippen LogP contribution in [0, 0.1) is 13.8 Å². The topological polar surface area (TPSA) is 83.3 Å². The van der Waals surface area contributed by atoms with Crippen molar-refractivity contribution in [3.05, 3.63) is 51.4 Å². The van der Waals surface area contributed by atoms with Crippen molar-refractivity contribution < 1.29 is 8.84 Å². The number of benzene rings is 1. The zero-order valence-electron chi connectivity index (χ0n) is 20.0. The molecule has 2 aromatic heterocycles. The first-order valence-corrected chi connectivity index (χ1v) is 13.7. The van der Waals surface area contributed by atoms with Gasteiger partial charge in [0.1, 0.15) is 11.3 Å². The van der Waals surface area contributed by atoms with Gasteiger partial charge in [-0.05, 0) is 50.5 Å². The molecular formula is C24H35N3O3Si. The largest absolute Gasteiger partial charge is 0.455 e. The average Bonchev–Trinajstić information content (AvgIpc) is 3.12. The van der Waals surface area contributed by atoms with Crippen LogP contribution in [0.2, 0.25) is 18.1 Å². The number of fused-ring (bicyclic) bond motifs is 1. The number of nitrogens with zero attached hydrogens (tertiary/aromatic N) is 2. The number of aromatic nitrogens is 2. The Kier molecular flexibility index (Phi) is 6.33. The van der Waals surface area contributed by atoms with Gasteiger partial charge in [0.2, 0.25) is 0 Å². The molecule has 31 heavy (non-hydrogen) atoms. The molecule has 168 valence electrons. The quantitative estimate of drug-likeness (QED) is 0.524. The third-order valence-corrected chi connectivity index (χ3v) is 10.9. The molecule has 2 N–H and O–H groups in total. The first-order chi connectivity index (χ1) is 14.3. The Morgan fingerprint density at radius 3 is 2.55 bits per heavy atom. The summed E-state index contributed by atoms with van der Waals surface area (Å²) >= 11 is 0. The van der Waals surface area contributed by atoms with Crippen LogP contribution in [0.3, 0.4) is 0 Å². The average molecular weight is 442 g/mol. The number of rotatable bonds is 6. The molecule has 0 fully saturated rings. The molecule has 0 aliphatic heterocycles. The van der Waals surface area contributed by atoms with Gasteiger partial charge < -0.3 is 14.6 Å². The summed E-state index contributed by atoms with van der Waals surface area (Å²) < 4.78 is 14.4. The van der Waals surface area contributed by atoms with Gasteiger partial charge in [-0.15, -0.1) is 0 Å². The monoisotopic (exact) mass is 441 g/mol. The number of nitrogens with two attached hydrogens (primary N) is 1. The van der Waals surface area contributed by atoms with Crippen LogP contribution < -0.4 is 11.2 Å². The van der Waals surface area contributed by atoms with E-state index in [0.29, 0.717) is 35.4 Å². The summed E-state index contributed by atoms with van der Waals surface area (Å²) in [5.74, 6) is 0.541. The van der Waals surface area contributed by atoms with Crippen LogP contribution in [0.5, 0.6) is 0 Å². The molecule has 3 aromatic rings. The smallest absolute Gasteiger partial charge is 0.196 e. The molecule has 0 radical (unpaired) electrons. The van der Waals surface area contributed by atoms with Crippen LogP contribution in [-0.4, -0.2) is 24.7 Å². The fraction of sp³-hybridized carbons (Fsp3) is 0.500. The van der Waals surface area contributed by atoms with Gasteiger partial charge in [0.25, 0.3) is 0 Å². The Balaban J connectivity index is 1.92. The molecule has 0 bridgehead atoms. The van der Waals surface area contributed by atoms with Gasteiger partial charge in [-0.3, -0.25) is 9.48 Å². The van der Waals surface area contributed by atoms with Crippen molar-refractivity contribution in [3.63, 3.8) is 0 Å². The lowest BCUT2D eigenvalue weighted by Gasteiger charge is -2.36. The molecule has 0 amide bonds. The molecule has 0 unspecified atom stereocenters. The minimum absolute atomic E-state index is 0.0316. The van der Waals surface area contributed by atoms with Crippen LogP contribution in [0.15, 0.2) is 33.7 Å². The van der Waals surface area contributed by atoms with Gasteiger partial charge in [-0.25, -0.2) is 0 Å². The summed E-state index contributed by atoms with van der Waals surface area (Å²) in [6, 6.07) is 3.61. The molecule has 0 saturated carbocycles. The Bertz CT molecular complexity index is 1150. The van der Waals surface area contributed by atoms with Gasteiger partial charge in [0, 0.05) is 23.4 Å². The van der Waals surface area contributed by atoms with Gasteiger partial charge in [0.05, 0.1) is 30.3 Å². The Morgan fingerprint density at radius 1 is 1.26 bits per heavy atom. The predicted octanol–water partition coefficient (Wildman–Crippen LogP) is 5.31. The lowest BCUT2D eigenvalue weighted by atomic mass is 10.00. The first kappa shape index (κ1) is 23.4. The lowest BCUT2D eigenvalue weighted by Crippen LogP contribution is -2.41. The third-order valence-electron chi connectivity index (χ3n) is 6.37. The maximum absolute atomic E-state index is 13.1. The molecule has 0 aliphatic rings. The highest BCUT2D eigenvalue weighted by Gasteiger charge is 2.36. The van der Waals surface area contributed by atoms with Gasteiger partial charge >= 0.3 is 0 Å². The highest BCUT2D eigenvalue weighted by atomic mass is 28.4. The Hall–Kier alpha value is -2.22. The van der Waals surface area contributed by atoms with Crippen molar-refractivity contribution in [1.82, 2.24) is 9.78 Å². The van der Waals surface area contributed by atoms with E-state index in [-0.39, 0.29) is 16.5 Å². The molecule has 1 atom stereocenters. The van der Waals surface area contributed by atoms with Crippen LogP contribution in [-0.2, 0) is 11.0 Å². The summed E-state index contributed by atoms with van der Waals surface area (Å²) in [4.78, 5) is 13.1. The van der Waals surface area contributed by atoms with Gasteiger partial charge in [-0.1, -0.05) is 26.8 Å². The molecule has 1 aromatic carbocycles. The number of aryl methyl sites for hydroxylation is 1. The highest BCUT2D eigenvalue weighted by molar-refractivity contribution is 6.74. The predicted molar refractivity (Wildman–Crippen MR) is 129 cm³/mol. The molecular weight excluding hydrogens is 406 g/mol. The summed E-state index contributed by atoms with van der Waals surface area (Å²) in [6.07, 6.45) is 3.65. The van der Waals surface area contributed by atoms with Crippen LogP contribution in [0.25, 0.3) is 22.3 Å². The molecule has 6 nitrogen and oxygen atoms in total. The zero-order valence-corrected chi connectivity index (χ0v) is 21.0. The number of hydrogen-bond acceptors (Lipinski definition) is 5. The van der Waals surface area contributed by atoms with Crippen molar-refractivity contribution in [1.29, 1.82) is 0 Å². The van der Waals surface area contributed by atoms with Crippen molar-refractivity contribution in [2.45, 2.75) is 72.3 Å². The van der Waals surface area contributed by atoms with E-state index in [1.54, 1.807) is 13.1 Å². The van der Waals surface area contributed by atoms with E-state index < -0.39 is 8.32 Å². The maximum Gasteiger partial charge on any atom is 0.196 e. The minimum Gasteiger partial charge on any atom is -0.455 e. The fourth-order valence-electron chi connectivity index (χ4n) is 3.40. The van der Waals surface area contributed by atoms with E-state index in [4.69, 9.17) is 14.6 Å². The SMILES string of the molecule is Cc1cc([C@@H](C)N)c2oc(-c3cnn(CCO[Si](C)(C)C(C)(C)C)c3)c(C)c(=O)c2c1. The normalized spacial score (nSPS) is 13.7. The van der Waals surface area contributed by atoms with Gasteiger partial charge in [-0.2, -0.15) is 5.10 Å². The second kappa shape index (κ2) is 8.37. The molecule has 3 rings (SSSR count). The lowest BCUT2D eigenvalue weighted by molar-refractivity contribution is 0.266. The van der Waals surface area contributed by atoms with E-state index >= 15 is 0 Å². The second-order valence-electron chi connectivity index (χ2n) is 10.0. The maximum atomic E-state index is 13.1. The van der Waals surface area contributed by atoms with Crippen LogP contribution >= 0.6 is 0 Å². The number of hydrogen-bond donors (Lipinski definition) is 1. The molecule has 0 saturated heterocycles. The summed E-state index contributed by atoms with van der Waals surface area (Å²) in [5, 5.41) is 5.21. The van der Waals surface area contributed by atoms with Gasteiger partial charge in [0.15, 0.2) is 13.7 Å². The van der Waals surface area contributed by atoms with Crippen LogP contribution in [0.1, 0.15) is 50.4 Å². The van der Waals surface area contributed by atoms with E-state index in [9.17, 15) is 4.79 Å². The zero-order chi connectivity index (χ0) is 23.1. The van der Waals surface area contributed by atoms with Crippen molar-refractivity contribution >= 4 is 19.3 Å². The molecule has 0 aliphatic carbocycles. The third kappa shape index (κ3) is 4.68. The summed E-state index contributed by atoms with van der Waals surface area (Å²) in [6.45, 7) is 18.1. The summed E-state index contributed by atoms with van der Waals surface area (Å²) in [5.41, 5.74) is 9.87. The van der Waals surface area contributed by atoms with Crippen LogP contribution in [0.4, 0.5) is 0 Å². The summed E-state index contributed by atoms with van der Waals surface area (Å²) in [7, 11) is -1.80. The van der Waals surface area contributed by atoms with E-state index in [0.717, 1.165) is 16.7 Å². The standard InChI is InChI=1S/C24H35N3O3Si/c1-15-11-19(17(3)25)23-20(12-15)21(28)16(2)22(30-23)18-13-26-27(14-18)9-10-29-31(7,8)24(4,5)6/h11-14,17H,9-10,25H2,1-8H3/t17-/m1/s1. The van der Waals surface area contributed by atoms with E-state index in [1.807, 2.05) is 36.9 Å². The second-order valence-corrected chi connectivity index (χ2v) is 14.8. The Labute approximate surface area is 185 Å². The van der Waals surface area contributed by atoms with Crippen molar-refractivity contribution in [2.24, 2.45) is 5.73 Å². The van der Waals surface area contributed by atoms with Crippen molar-refractivity contribution in [2.75, 3.05) is 6.61 Å². The van der Waals surface area contributed by atoms with Crippen molar-refractivity contribution in [3.8, 4) is 11.3 Å². The van der Waals surface area contributed by atoms with E-state index in [2.05, 4.69) is 39.0 Å². The Morgan fingerprint density at radius 2 is 1.94 bits per heavy atom. The highest BCUT2D eigenvalue weighted by Crippen LogP contribution is 2.36. The first-order valence-electron chi connectivity index (χ1n) is 10.8.